The second kappa shape index (κ2) is 6.71. The topological polar surface area (TPSA) is 88.5 Å². The molecule has 0 N–H and O–H groups in total. The highest BCUT2D eigenvalue weighted by atomic mass is 35.5. The van der Waals surface area contributed by atoms with Crippen LogP contribution in [0.4, 0.5) is 5.69 Å². The maximum absolute atomic E-state index is 10.8. The number of nitro benzene ring substituents is 1. The summed E-state index contributed by atoms with van der Waals surface area (Å²) < 4.78 is 5.46. The van der Waals surface area contributed by atoms with E-state index in [2.05, 4.69) is 4.99 Å². The Bertz CT molecular complexity index is 540. The van der Waals surface area contributed by atoms with Crippen LogP contribution in [-0.4, -0.2) is 23.8 Å². The van der Waals surface area contributed by atoms with Crippen molar-refractivity contribution in [2.45, 2.75) is 18.9 Å². The summed E-state index contributed by atoms with van der Waals surface area (Å²) in [6.45, 7) is 0.340. The minimum absolute atomic E-state index is 0. The standard InChI is InChI=1S/C12H11N3O3.ClH/c13-7-10-11(15(16)17)4-1-5-12(10)18-8-9-3-2-6-14-9;/h1,4-6,9H,2-3,8H2;1H. The number of hydrogen-bond donors (Lipinski definition) is 0. The van der Waals surface area contributed by atoms with Gasteiger partial charge in [0.25, 0.3) is 5.69 Å². The number of aliphatic imine (C=N–C) groups is 1. The molecule has 0 bridgehead atoms. The molecule has 0 aliphatic carbocycles. The van der Waals surface area contributed by atoms with E-state index in [-0.39, 0.29) is 35.4 Å². The summed E-state index contributed by atoms with van der Waals surface area (Å²) in [4.78, 5) is 14.4. The van der Waals surface area contributed by atoms with Crippen molar-refractivity contribution in [1.82, 2.24) is 0 Å². The van der Waals surface area contributed by atoms with Crippen LogP contribution in [0.25, 0.3) is 0 Å². The van der Waals surface area contributed by atoms with Gasteiger partial charge in [0.15, 0.2) is 5.56 Å². The van der Waals surface area contributed by atoms with E-state index in [9.17, 15) is 10.1 Å². The number of rotatable bonds is 4. The molecule has 0 amide bonds. The molecule has 1 heterocycles. The Hall–Kier alpha value is -2.13. The van der Waals surface area contributed by atoms with Gasteiger partial charge in [0.05, 0.1) is 11.0 Å². The lowest BCUT2D eigenvalue weighted by molar-refractivity contribution is -0.385. The van der Waals surface area contributed by atoms with Crippen LogP contribution in [0.5, 0.6) is 5.75 Å². The second-order valence-corrected chi connectivity index (χ2v) is 3.89. The summed E-state index contributed by atoms with van der Waals surface area (Å²) in [6, 6.07) is 6.25. The fourth-order valence-electron chi connectivity index (χ4n) is 1.78. The first-order valence-corrected chi connectivity index (χ1v) is 5.54. The van der Waals surface area contributed by atoms with E-state index in [4.69, 9.17) is 10.00 Å². The van der Waals surface area contributed by atoms with Crippen LogP contribution in [0.3, 0.4) is 0 Å². The zero-order chi connectivity index (χ0) is 13.0. The van der Waals surface area contributed by atoms with Crippen LogP contribution in [0, 0.1) is 21.4 Å². The van der Waals surface area contributed by atoms with Crippen molar-refractivity contribution < 1.29 is 9.66 Å². The minimum atomic E-state index is -0.584. The Morgan fingerprint density at radius 1 is 1.58 bits per heavy atom. The maximum atomic E-state index is 10.8. The number of ether oxygens (including phenoxy) is 1. The van der Waals surface area contributed by atoms with Gasteiger partial charge in [0.1, 0.15) is 18.4 Å². The molecule has 0 spiro atoms. The van der Waals surface area contributed by atoms with E-state index < -0.39 is 4.92 Å². The van der Waals surface area contributed by atoms with Gasteiger partial charge in [-0.15, -0.1) is 12.4 Å². The summed E-state index contributed by atoms with van der Waals surface area (Å²) in [5.74, 6) is 0.244. The molecule has 7 heteroatoms. The Balaban J connectivity index is 0.00000180. The van der Waals surface area contributed by atoms with Crippen LogP contribution < -0.4 is 4.74 Å². The normalized spacial score (nSPS) is 16.5. The summed E-state index contributed by atoms with van der Waals surface area (Å²) in [7, 11) is 0. The molecule has 19 heavy (non-hydrogen) atoms. The number of nitro groups is 1. The molecule has 0 aromatic heterocycles. The lowest BCUT2D eigenvalue weighted by Crippen LogP contribution is -2.13. The van der Waals surface area contributed by atoms with Crippen molar-refractivity contribution in [3.63, 3.8) is 0 Å². The van der Waals surface area contributed by atoms with Gasteiger partial charge in [-0.3, -0.25) is 15.1 Å². The molecule has 1 aromatic carbocycles. The Labute approximate surface area is 116 Å². The minimum Gasteiger partial charge on any atom is -0.490 e. The first-order chi connectivity index (χ1) is 8.72. The predicted molar refractivity (Wildman–Crippen MR) is 72.1 cm³/mol. The molecule has 6 nitrogen and oxygen atoms in total. The molecular formula is C12H12ClN3O3. The average Bonchev–Trinajstić information content (AvgIpc) is 2.88. The predicted octanol–water partition coefficient (Wildman–Crippen LogP) is 2.50. The van der Waals surface area contributed by atoms with E-state index in [1.54, 1.807) is 6.07 Å². The molecule has 0 saturated heterocycles. The van der Waals surface area contributed by atoms with Crippen LogP contribution in [-0.2, 0) is 0 Å². The Morgan fingerprint density at radius 3 is 2.95 bits per heavy atom. The molecule has 100 valence electrons. The van der Waals surface area contributed by atoms with E-state index in [1.165, 1.54) is 12.1 Å². The Morgan fingerprint density at radius 2 is 2.37 bits per heavy atom. The average molecular weight is 282 g/mol. The molecule has 1 aliphatic heterocycles. The summed E-state index contributed by atoms with van der Waals surface area (Å²) in [5.41, 5.74) is -0.269. The SMILES string of the molecule is Cl.N#Cc1c(OCC2CCC=N2)cccc1[N+](=O)[O-]. The first kappa shape index (κ1) is 14.9. The van der Waals surface area contributed by atoms with Crippen molar-refractivity contribution in [2.24, 2.45) is 4.99 Å². The molecule has 0 fully saturated rings. The zero-order valence-electron chi connectivity index (χ0n) is 9.98. The van der Waals surface area contributed by atoms with Gasteiger partial charge < -0.3 is 4.74 Å². The third kappa shape index (κ3) is 3.42. The fraction of sp³-hybridized carbons (Fsp3) is 0.333. The molecular weight excluding hydrogens is 270 g/mol. The summed E-state index contributed by atoms with van der Waals surface area (Å²) in [6.07, 6.45) is 3.68. The highest BCUT2D eigenvalue weighted by Crippen LogP contribution is 2.27. The fourth-order valence-corrected chi connectivity index (χ4v) is 1.78. The van der Waals surface area contributed by atoms with Gasteiger partial charge in [-0.05, 0) is 25.1 Å². The molecule has 0 radical (unpaired) electrons. The zero-order valence-corrected chi connectivity index (χ0v) is 10.8. The molecule has 0 saturated carbocycles. The lowest BCUT2D eigenvalue weighted by Gasteiger charge is -2.10. The molecule has 1 unspecified atom stereocenters. The number of nitriles is 1. The number of halogens is 1. The highest BCUT2D eigenvalue weighted by molar-refractivity contribution is 5.85. The van der Waals surface area contributed by atoms with Crippen LogP contribution >= 0.6 is 12.4 Å². The van der Waals surface area contributed by atoms with Crippen molar-refractivity contribution in [3.05, 3.63) is 33.9 Å². The van der Waals surface area contributed by atoms with Gasteiger partial charge in [-0.25, -0.2) is 0 Å². The van der Waals surface area contributed by atoms with Gasteiger partial charge in [0, 0.05) is 6.07 Å². The smallest absolute Gasteiger partial charge is 0.290 e. The quantitative estimate of drug-likeness (QED) is 0.626. The monoisotopic (exact) mass is 281 g/mol. The van der Waals surface area contributed by atoms with E-state index in [0.29, 0.717) is 6.61 Å². The molecule has 1 aromatic rings. The first-order valence-electron chi connectivity index (χ1n) is 5.54. The van der Waals surface area contributed by atoms with Crippen LogP contribution in [0.2, 0.25) is 0 Å². The molecule has 2 rings (SSSR count). The van der Waals surface area contributed by atoms with E-state index >= 15 is 0 Å². The molecule has 1 aliphatic rings. The molecule has 1 atom stereocenters. The number of benzene rings is 1. The number of hydrogen-bond acceptors (Lipinski definition) is 5. The van der Waals surface area contributed by atoms with Crippen molar-refractivity contribution in [1.29, 1.82) is 5.26 Å². The van der Waals surface area contributed by atoms with Crippen molar-refractivity contribution in [3.8, 4) is 11.8 Å². The van der Waals surface area contributed by atoms with E-state index in [1.807, 2.05) is 12.3 Å². The summed E-state index contributed by atoms with van der Waals surface area (Å²) in [5, 5.41) is 19.7. The third-order valence-corrected chi connectivity index (χ3v) is 2.69. The van der Waals surface area contributed by atoms with Gasteiger partial charge in [-0.2, -0.15) is 5.26 Å². The van der Waals surface area contributed by atoms with E-state index in [0.717, 1.165) is 12.8 Å². The largest absolute Gasteiger partial charge is 0.490 e. The van der Waals surface area contributed by atoms with Gasteiger partial charge in [-0.1, -0.05) is 6.07 Å². The highest BCUT2D eigenvalue weighted by Gasteiger charge is 2.19. The summed E-state index contributed by atoms with van der Waals surface area (Å²) >= 11 is 0. The number of nitrogens with zero attached hydrogens (tertiary/aromatic N) is 3. The second-order valence-electron chi connectivity index (χ2n) is 3.89. The van der Waals surface area contributed by atoms with Crippen molar-refractivity contribution in [2.75, 3.05) is 6.61 Å². The lowest BCUT2D eigenvalue weighted by atomic mass is 10.1. The van der Waals surface area contributed by atoms with Crippen LogP contribution in [0.1, 0.15) is 18.4 Å². The van der Waals surface area contributed by atoms with Gasteiger partial charge >= 0.3 is 0 Å². The Kier molecular flexibility index (Phi) is 5.27. The van der Waals surface area contributed by atoms with Gasteiger partial charge in [0.2, 0.25) is 0 Å². The van der Waals surface area contributed by atoms with Crippen molar-refractivity contribution >= 4 is 24.3 Å². The third-order valence-electron chi connectivity index (χ3n) is 2.69. The van der Waals surface area contributed by atoms with Crippen LogP contribution in [0.15, 0.2) is 23.2 Å². The maximum Gasteiger partial charge on any atom is 0.290 e.